The number of rotatable bonds is 5. The summed E-state index contributed by atoms with van der Waals surface area (Å²) in [7, 11) is 5.93. The number of hydrogen-bond donors (Lipinski definition) is 1. The van der Waals surface area contributed by atoms with Crippen molar-refractivity contribution in [2.75, 3.05) is 32.5 Å². The summed E-state index contributed by atoms with van der Waals surface area (Å²) >= 11 is 0. The number of tetrazole rings is 1. The lowest BCUT2D eigenvalue weighted by atomic mass is 10.4. The van der Waals surface area contributed by atoms with E-state index in [9.17, 15) is 0 Å². The van der Waals surface area contributed by atoms with Gasteiger partial charge in [-0.1, -0.05) is 5.10 Å². The number of hydrogen-bond acceptors (Lipinski definition) is 5. The molecule has 6 nitrogen and oxygen atoms in total. The zero-order chi connectivity index (χ0) is 9.68. The SMILES string of the molecule is CN(C)CCCNc1nnnn1C. The van der Waals surface area contributed by atoms with E-state index in [0.29, 0.717) is 0 Å². The van der Waals surface area contributed by atoms with Gasteiger partial charge in [0.2, 0.25) is 5.95 Å². The van der Waals surface area contributed by atoms with E-state index < -0.39 is 0 Å². The fourth-order valence-corrected chi connectivity index (χ4v) is 0.975. The van der Waals surface area contributed by atoms with Crippen LogP contribution in [0.1, 0.15) is 6.42 Å². The molecule has 1 aromatic rings. The molecule has 0 aromatic carbocycles. The summed E-state index contributed by atoms with van der Waals surface area (Å²) in [5, 5.41) is 14.2. The fourth-order valence-electron chi connectivity index (χ4n) is 0.975. The van der Waals surface area contributed by atoms with Crippen molar-refractivity contribution in [1.82, 2.24) is 25.1 Å². The molecule has 1 N–H and O–H groups in total. The minimum Gasteiger partial charge on any atom is -0.353 e. The van der Waals surface area contributed by atoms with E-state index in [0.717, 1.165) is 25.5 Å². The van der Waals surface area contributed by atoms with Crippen molar-refractivity contribution < 1.29 is 0 Å². The molecule has 0 atom stereocenters. The Morgan fingerprint density at radius 1 is 1.46 bits per heavy atom. The quantitative estimate of drug-likeness (QED) is 0.629. The third-order valence-corrected chi connectivity index (χ3v) is 1.69. The Labute approximate surface area is 77.9 Å². The van der Waals surface area contributed by atoms with Crippen LogP contribution >= 0.6 is 0 Å². The largest absolute Gasteiger partial charge is 0.353 e. The van der Waals surface area contributed by atoms with Crippen LogP contribution in [-0.2, 0) is 7.05 Å². The first-order valence-corrected chi connectivity index (χ1v) is 4.31. The van der Waals surface area contributed by atoms with E-state index in [4.69, 9.17) is 0 Å². The predicted molar refractivity (Wildman–Crippen MR) is 50.5 cm³/mol. The Morgan fingerprint density at radius 2 is 2.23 bits per heavy atom. The molecule has 0 unspecified atom stereocenters. The first-order valence-electron chi connectivity index (χ1n) is 4.31. The highest BCUT2D eigenvalue weighted by Crippen LogP contribution is 1.95. The van der Waals surface area contributed by atoms with Crippen molar-refractivity contribution in [1.29, 1.82) is 0 Å². The zero-order valence-electron chi connectivity index (χ0n) is 8.36. The van der Waals surface area contributed by atoms with E-state index in [1.165, 1.54) is 0 Å². The van der Waals surface area contributed by atoms with E-state index >= 15 is 0 Å². The molecule has 6 heteroatoms. The Balaban J connectivity index is 2.17. The molecule has 74 valence electrons. The minimum atomic E-state index is 0.721. The lowest BCUT2D eigenvalue weighted by Crippen LogP contribution is -2.17. The van der Waals surface area contributed by atoms with Gasteiger partial charge in [-0.05, 0) is 37.5 Å². The van der Waals surface area contributed by atoms with E-state index in [1.54, 1.807) is 4.68 Å². The lowest BCUT2D eigenvalue weighted by molar-refractivity contribution is 0.405. The number of aromatic nitrogens is 4. The van der Waals surface area contributed by atoms with Crippen molar-refractivity contribution in [3.8, 4) is 0 Å². The third kappa shape index (κ3) is 3.37. The van der Waals surface area contributed by atoms with Crippen molar-refractivity contribution in [2.45, 2.75) is 6.42 Å². The fraction of sp³-hybridized carbons (Fsp3) is 0.857. The zero-order valence-corrected chi connectivity index (χ0v) is 8.36. The lowest BCUT2D eigenvalue weighted by Gasteiger charge is -2.09. The highest BCUT2D eigenvalue weighted by Gasteiger charge is 1.99. The summed E-state index contributed by atoms with van der Waals surface area (Å²) in [6.07, 6.45) is 1.08. The van der Waals surface area contributed by atoms with Crippen molar-refractivity contribution in [3.05, 3.63) is 0 Å². The number of nitrogens with zero attached hydrogens (tertiary/aromatic N) is 5. The molecule has 0 amide bonds. The van der Waals surface area contributed by atoms with Gasteiger partial charge in [-0.3, -0.25) is 0 Å². The number of aryl methyl sites for hydroxylation is 1. The molecule has 0 radical (unpaired) electrons. The summed E-state index contributed by atoms with van der Waals surface area (Å²) in [5.74, 6) is 0.721. The van der Waals surface area contributed by atoms with Gasteiger partial charge in [-0.15, -0.1) is 0 Å². The van der Waals surface area contributed by atoms with Crippen LogP contribution in [0.2, 0.25) is 0 Å². The van der Waals surface area contributed by atoms with Gasteiger partial charge in [0.1, 0.15) is 0 Å². The van der Waals surface area contributed by atoms with Crippen LogP contribution in [-0.4, -0.2) is 52.3 Å². The van der Waals surface area contributed by atoms with Crippen LogP contribution in [0, 0.1) is 0 Å². The summed E-state index contributed by atoms with van der Waals surface area (Å²) < 4.78 is 1.62. The Morgan fingerprint density at radius 3 is 2.77 bits per heavy atom. The molecule has 1 heterocycles. The average Bonchev–Trinajstić information content (AvgIpc) is 2.45. The molecule has 13 heavy (non-hydrogen) atoms. The molecule has 0 aliphatic rings. The van der Waals surface area contributed by atoms with Gasteiger partial charge in [0.05, 0.1) is 0 Å². The van der Waals surface area contributed by atoms with E-state index in [2.05, 4.69) is 39.8 Å². The van der Waals surface area contributed by atoms with E-state index in [-0.39, 0.29) is 0 Å². The summed E-state index contributed by atoms with van der Waals surface area (Å²) in [5.41, 5.74) is 0. The minimum absolute atomic E-state index is 0.721. The highest BCUT2D eigenvalue weighted by atomic mass is 15.6. The summed E-state index contributed by atoms with van der Waals surface area (Å²) in [6, 6.07) is 0. The van der Waals surface area contributed by atoms with Gasteiger partial charge in [-0.25, -0.2) is 4.68 Å². The van der Waals surface area contributed by atoms with Gasteiger partial charge < -0.3 is 10.2 Å². The second-order valence-electron chi connectivity index (χ2n) is 3.21. The first kappa shape index (κ1) is 9.91. The Hall–Kier alpha value is -1.17. The van der Waals surface area contributed by atoms with Gasteiger partial charge >= 0.3 is 0 Å². The highest BCUT2D eigenvalue weighted by molar-refractivity contribution is 5.20. The smallest absolute Gasteiger partial charge is 0.242 e. The topological polar surface area (TPSA) is 58.9 Å². The summed E-state index contributed by atoms with van der Waals surface area (Å²) in [6.45, 7) is 1.96. The molecular formula is C7H16N6. The maximum Gasteiger partial charge on any atom is 0.242 e. The Bertz CT molecular complexity index is 243. The molecule has 0 bridgehead atoms. The average molecular weight is 184 g/mol. The van der Waals surface area contributed by atoms with Gasteiger partial charge in [0.25, 0.3) is 0 Å². The number of anilines is 1. The van der Waals surface area contributed by atoms with Crippen LogP contribution in [0.3, 0.4) is 0 Å². The van der Waals surface area contributed by atoms with Crippen molar-refractivity contribution in [3.63, 3.8) is 0 Å². The maximum absolute atomic E-state index is 3.81. The van der Waals surface area contributed by atoms with Crippen LogP contribution in [0.4, 0.5) is 5.95 Å². The monoisotopic (exact) mass is 184 g/mol. The second-order valence-corrected chi connectivity index (χ2v) is 3.21. The molecular weight excluding hydrogens is 168 g/mol. The molecule has 1 aromatic heterocycles. The maximum atomic E-state index is 3.81. The molecule has 0 aliphatic carbocycles. The number of nitrogens with one attached hydrogen (secondary N) is 1. The third-order valence-electron chi connectivity index (χ3n) is 1.69. The van der Waals surface area contributed by atoms with E-state index in [1.807, 2.05) is 7.05 Å². The summed E-state index contributed by atoms with van der Waals surface area (Å²) in [4.78, 5) is 2.15. The van der Waals surface area contributed by atoms with Gasteiger partial charge in [-0.2, -0.15) is 0 Å². The normalized spacial score (nSPS) is 10.8. The first-order chi connectivity index (χ1) is 6.20. The molecule has 0 spiro atoms. The van der Waals surface area contributed by atoms with Crippen molar-refractivity contribution in [2.24, 2.45) is 7.05 Å². The van der Waals surface area contributed by atoms with Crippen LogP contribution < -0.4 is 5.32 Å². The van der Waals surface area contributed by atoms with Crippen molar-refractivity contribution >= 4 is 5.95 Å². The molecule has 0 saturated carbocycles. The molecule has 0 aliphatic heterocycles. The van der Waals surface area contributed by atoms with Gasteiger partial charge in [0, 0.05) is 13.6 Å². The Kier molecular flexibility index (Phi) is 3.63. The van der Waals surface area contributed by atoms with Gasteiger partial charge in [0.15, 0.2) is 0 Å². The molecule has 1 rings (SSSR count). The standard InChI is InChI=1S/C7H16N6/c1-12(2)6-4-5-8-7-9-10-11-13(7)3/h4-6H2,1-3H3,(H,8,9,11). The second kappa shape index (κ2) is 4.76. The van der Waals surface area contributed by atoms with Crippen LogP contribution in [0.5, 0.6) is 0 Å². The predicted octanol–water partition coefficient (Wildman–Crippen LogP) is -0.426. The molecule has 0 saturated heterocycles. The molecule has 0 fully saturated rings. The van der Waals surface area contributed by atoms with Crippen LogP contribution in [0.15, 0.2) is 0 Å². The van der Waals surface area contributed by atoms with Crippen LogP contribution in [0.25, 0.3) is 0 Å².